The van der Waals surface area contributed by atoms with E-state index in [1.54, 1.807) is 6.20 Å². The third-order valence-electron chi connectivity index (χ3n) is 2.73. The number of rotatable bonds is 3. The van der Waals surface area contributed by atoms with Crippen LogP contribution >= 0.6 is 0 Å². The molecule has 0 fully saturated rings. The van der Waals surface area contributed by atoms with Gasteiger partial charge in [0.25, 0.3) is 0 Å². The highest BCUT2D eigenvalue weighted by atomic mass is 15.8. The monoisotopic (exact) mass is 250 g/mol. The molecule has 0 aromatic carbocycles. The number of allylic oxidation sites excluding steroid dienone is 5. The molecule has 2 aliphatic heterocycles. The van der Waals surface area contributed by atoms with E-state index in [9.17, 15) is 0 Å². The Labute approximate surface area is 112 Å². The van der Waals surface area contributed by atoms with Gasteiger partial charge in [-0.1, -0.05) is 24.3 Å². The predicted molar refractivity (Wildman–Crippen MR) is 75.6 cm³/mol. The van der Waals surface area contributed by atoms with E-state index in [1.165, 1.54) is 0 Å². The van der Waals surface area contributed by atoms with Gasteiger partial charge in [-0.2, -0.15) is 5.12 Å². The molecule has 4 nitrogen and oxygen atoms in total. The molecule has 1 N–H and O–H groups in total. The van der Waals surface area contributed by atoms with E-state index < -0.39 is 0 Å². The lowest BCUT2D eigenvalue weighted by Crippen LogP contribution is -2.35. The summed E-state index contributed by atoms with van der Waals surface area (Å²) in [4.78, 5) is 4.22. The van der Waals surface area contributed by atoms with Gasteiger partial charge in [-0.15, -0.1) is 0 Å². The van der Waals surface area contributed by atoms with Gasteiger partial charge in [0.05, 0.1) is 5.69 Å². The molecule has 19 heavy (non-hydrogen) atoms. The number of nitrogens with one attached hydrogen (secondary N) is 1. The number of hydrazine groups is 2. The van der Waals surface area contributed by atoms with Crippen molar-refractivity contribution >= 4 is 6.08 Å². The molecule has 0 radical (unpaired) electrons. The summed E-state index contributed by atoms with van der Waals surface area (Å²) in [5, 5.41) is 3.86. The fourth-order valence-corrected chi connectivity index (χ4v) is 1.80. The number of fused-ring (bicyclic) bond motifs is 1. The number of hydrogen-bond acceptors (Lipinski definition) is 4. The van der Waals surface area contributed by atoms with Crippen molar-refractivity contribution in [2.24, 2.45) is 0 Å². The summed E-state index contributed by atoms with van der Waals surface area (Å²) in [6.45, 7) is 0. The van der Waals surface area contributed by atoms with Gasteiger partial charge in [-0.3, -0.25) is 10.4 Å². The number of hydrogen-bond donors (Lipinski definition) is 1. The van der Waals surface area contributed by atoms with E-state index in [-0.39, 0.29) is 0 Å². The Morgan fingerprint density at radius 2 is 2.05 bits per heavy atom. The van der Waals surface area contributed by atoms with Crippen molar-refractivity contribution < 1.29 is 0 Å². The van der Waals surface area contributed by atoms with Gasteiger partial charge in [0.15, 0.2) is 0 Å². The second-order valence-corrected chi connectivity index (χ2v) is 4.09. The molecule has 0 bridgehead atoms. The molecular formula is C15H14N4. The van der Waals surface area contributed by atoms with Gasteiger partial charge in [0.2, 0.25) is 0 Å². The third kappa shape index (κ3) is 2.74. The van der Waals surface area contributed by atoms with Crippen molar-refractivity contribution in [2.45, 2.75) is 0 Å². The number of nitrogens with zero attached hydrogens (tertiary/aromatic N) is 3. The van der Waals surface area contributed by atoms with E-state index in [2.05, 4.69) is 16.5 Å². The maximum atomic E-state index is 4.22. The lowest BCUT2D eigenvalue weighted by atomic mass is 10.2. The van der Waals surface area contributed by atoms with Gasteiger partial charge < -0.3 is 0 Å². The molecule has 1 aromatic heterocycles. The lowest BCUT2D eigenvalue weighted by Gasteiger charge is -2.26. The van der Waals surface area contributed by atoms with Crippen LogP contribution in [-0.4, -0.2) is 15.1 Å². The van der Waals surface area contributed by atoms with Crippen LogP contribution in [0.3, 0.4) is 0 Å². The molecule has 0 spiro atoms. The first-order chi connectivity index (χ1) is 9.42. The average Bonchev–Trinajstić information content (AvgIpc) is 2.92. The van der Waals surface area contributed by atoms with Crippen LogP contribution in [0.5, 0.6) is 0 Å². The molecule has 3 heterocycles. The van der Waals surface area contributed by atoms with Crippen molar-refractivity contribution in [3.63, 3.8) is 0 Å². The van der Waals surface area contributed by atoms with Crippen molar-refractivity contribution in [3.8, 4) is 0 Å². The maximum absolute atomic E-state index is 4.22. The lowest BCUT2D eigenvalue weighted by molar-refractivity contribution is 0.113. The van der Waals surface area contributed by atoms with Crippen LogP contribution in [0.4, 0.5) is 0 Å². The largest absolute Gasteiger partial charge is 0.285 e. The summed E-state index contributed by atoms with van der Waals surface area (Å²) in [6, 6.07) is 5.86. The van der Waals surface area contributed by atoms with Crippen LogP contribution in [0.25, 0.3) is 6.08 Å². The van der Waals surface area contributed by atoms with Gasteiger partial charge in [-0.25, -0.2) is 5.01 Å². The van der Waals surface area contributed by atoms with E-state index in [0.29, 0.717) is 0 Å². The molecule has 0 unspecified atom stereocenters. The molecule has 3 rings (SSSR count). The summed E-state index contributed by atoms with van der Waals surface area (Å²) in [7, 11) is 0. The van der Waals surface area contributed by atoms with Crippen LogP contribution in [0, 0.1) is 0 Å². The minimum absolute atomic E-state index is 0.957. The zero-order valence-electron chi connectivity index (χ0n) is 10.3. The Morgan fingerprint density at radius 1 is 1.11 bits per heavy atom. The Hall–Kier alpha value is -2.75. The van der Waals surface area contributed by atoms with Crippen LogP contribution in [0.2, 0.25) is 0 Å². The molecular weight excluding hydrogens is 236 g/mol. The molecule has 94 valence electrons. The van der Waals surface area contributed by atoms with E-state index in [1.807, 2.05) is 77.4 Å². The molecule has 2 aliphatic rings. The van der Waals surface area contributed by atoms with Crippen LogP contribution in [0.15, 0.2) is 79.1 Å². The first kappa shape index (κ1) is 11.3. The van der Waals surface area contributed by atoms with E-state index in [0.717, 1.165) is 11.3 Å². The highest BCUT2D eigenvalue weighted by molar-refractivity contribution is 5.47. The Balaban J connectivity index is 1.63. The Bertz CT molecular complexity index is 581. The molecule has 0 aliphatic carbocycles. The molecule has 0 atom stereocenters. The van der Waals surface area contributed by atoms with E-state index >= 15 is 0 Å². The molecule has 0 amide bonds. The van der Waals surface area contributed by atoms with Crippen molar-refractivity contribution in [2.75, 3.05) is 0 Å². The van der Waals surface area contributed by atoms with E-state index in [4.69, 9.17) is 0 Å². The van der Waals surface area contributed by atoms with Gasteiger partial charge in [0.1, 0.15) is 0 Å². The predicted octanol–water partition coefficient (Wildman–Crippen LogP) is 2.57. The summed E-state index contributed by atoms with van der Waals surface area (Å²) in [5.74, 6) is 0. The van der Waals surface area contributed by atoms with Gasteiger partial charge >= 0.3 is 0 Å². The van der Waals surface area contributed by atoms with Crippen LogP contribution < -0.4 is 5.43 Å². The summed E-state index contributed by atoms with van der Waals surface area (Å²) in [6.07, 6.45) is 19.7. The highest BCUT2D eigenvalue weighted by Gasteiger charge is 2.12. The maximum Gasteiger partial charge on any atom is 0.0629 e. The van der Waals surface area contributed by atoms with Crippen molar-refractivity contribution in [3.05, 3.63) is 84.8 Å². The van der Waals surface area contributed by atoms with Crippen LogP contribution in [-0.2, 0) is 0 Å². The Kier molecular flexibility index (Phi) is 3.14. The molecule has 1 aromatic rings. The standard InChI is InChI=1S/C15H14N4/c1(2-6-15-7-3-4-9-16-15)5-14-8-11-19-17-10-12-18(19)13-14/h1-13,17H/b5-1+,6-2+. The Morgan fingerprint density at radius 3 is 2.95 bits per heavy atom. The quantitative estimate of drug-likeness (QED) is 0.835. The highest BCUT2D eigenvalue weighted by Crippen LogP contribution is 2.15. The van der Waals surface area contributed by atoms with Crippen molar-refractivity contribution in [1.29, 1.82) is 0 Å². The minimum Gasteiger partial charge on any atom is -0.285 e. The van der Waals surface area contributed by atoms with Crippen LogP contribution in [0.1, 0.15) is 5.69 Å². The fraction of sp³-hybridized carbons (Fsp3) is 0. The van der Waals surface area contributed by atoms with Crippen molar-refractivity contribution in [1.82, 2.24) is 20.5 Å². The average molecular weight is 250 g/mol. The first-order valence-electron chi connectivity index (χ1n) is 6.08. The van der Waals surface area contributed by atoms with Gasteiger partial charge in [-0.05, 0) is 29.9 Å². The topological polar surface area (TPSA) is 31.4 Å². The molecule has 0 saturated heterocycles. The summed E-state index contributed by atoms with van der Waals surface area (Å²) in [5.41, 5.74) is 5.16. The smallest absolute Gasteiger partial charge is 0.0629 e. The zero-order chi connectivity index (χ0) is 12.9. The molecule has 4 heteroatoms. The second kappa shape index (κ2) is 5.27. The third-order valence-corrected chi connectivity index (χ3v) is 2.73. The summed E-state index contributed by atoms with van der Waals surface area (Å²) >= 11 is 0. The number of pyridine rings is 1. The second-order valence-electron chi connectivity index (χ2n) is 4.09. The first-order valence-corrected chi connectivity index (χ1v) is 6.08. The van der Waals surface area contributed by atoms with Gasteiger partial charge in [0, 0.05) is 31.0 Å². The summed E-state index contributed by atoms with van der Waals surface area (Å²) < 4.78 is 0. The number of aromatic nitrogens is 1. The molecule has 0 saturated carbocycles. The minimum atomic E-state index is 0.957. The normalized spacial score (nSPS) is 17.2. The SMILES string of the molecule is C1=CN2C=C(/C=C/C=C/c3ccccn3)C=CN2N1. The fourth-order valence-electron chi connectivity index (χ4n) is 1.80. The zero-order valence-corrected chi connectivity index (χ0v) is 10.3.